The van der Waals surface area contributed by atoms with Crippen LogP contribution in [0.4, 0.5) is 10.2 Å². The lowest BCUT2D eigenvalue weighted by Crippen LogP contribution is -2.19. The van der Waals surface area contributed by atoms with E-state index in [1.54, 1.807) is 19.9 Å². The van der Waals surface area contributed by atoms with E-state index in [1.165, 1.54) is 28.9 Å². The number of aryl methyl sites for hydroxylation is 1. The molecule has 0 aliphatic carbocycles. The van der Waals surface area contributed by atoms with E-state index >= 15 is 0 Å². The molecule has 0 spiro atoms. The summed E-state index contributed by atoms with van der Waals surface area (Å²) in [6.07, 6.45) is 0. The Morgan fingerprint density at radius 1 is 1.32 bits per heavy atom. The lowest BCUT2D eigenvalue weighted by Gasteiger charge is -2.08. The van der Waals surface area contributed by atoms with Crippen LogP contribution in [0.3, 0.4) is 0 Å². The molecule has 0 aliphatic heterocycles. The van der Waals surface area contributed by atoms with E-state index < -0.39 is 17.7 Å². The van der Waals surface area contributed by atoms with Crippen molar-refractivity contribution >= 4 is 17.7 Å². The first-order valence-electron chi connectivity index (χ1n) is 6.76. The molecule has 0 radical (unpaired) electrons. The summed E-state index contributed by atoms with van der Waals surface area (Å²) in [5, 5.41) is 6.78. The fourth-order valence-corrected chi connectivity index (χ4v) is 1.89. The molecule has 1 aromatic carbocycles. The molecule has 1 N–H and O–H groups in total. The molecule has 7 heteroatoms. The Morgan fingerprint density at radius 3 is 2.64 bits per heavy atom. The van der Waals surface area contributed by atoms with Gasteiger partial charge in [-0.3, -0.25) is 9.59 Å². The minimum absolute atomic E-state index is 0.0965. The number of hydrogen-bond acceptors (Lipinski definition) is 4. The normalized spacial score (nSPS) is 10.3. The third-order valence-electron chi connectivity index (χ3n) is 2.83. The summed E-state index contributed by atoms with van der Waals surface area (Å²) in [6, 6.07) is 6.81. The Bertz CT molecular complexity index is 680. The molecule has 1 aromatic heterocycles. The summed E-state index contributed by atoms with van der Waals surface area (Å²) in [4.78, 5) is 23.6. The van der Waals surface area contributed by atoms with Crippen LogP contribution < -0.4 is 5.32 Å². The van der Waals surface area contributed by atoms with Gasteiger partial charge in [0.05, 0.1) is 12.3 Å². The Kier molecular flexibility index (Phi) is 4.88. The first kappa shape index (κ1) is 15.7. The van der Waals surface area contributed by atoms with Crippen LogP contribution >= 0.6 is 0 Å². The molecule has 0 fully saturated rings. The third-order valence-corrected chi connectivity index (χ3v) is 2.83. The van der Waals surface area contributed by atoms with Gasteiger partial charge in [0.1, 0.15) is 18.2 Å². The molecule has 2 rings (SSSR count). The lowest BCUT2D eigenvalue weighted by atomic mass is 10.2. The Hall–Kier alpha value is -2.70. The van der Waals surface area contributed by atoms with Gasteiger partial charge in [-0.25, -0.2) is 9.07 Å². The van der Waals surface area contributed by atoms with Gasteiger partial charge in [-0.1, -0.05) is 0 Å². The highest BCUT2D eigenvalue weighted by atomic mass is 19.1. The van der Waals surface area contributed by atoms with E-state index in [0.29, 0.717) is 17.1 Å². The minimum Gasteiger partial charge on any atom is -0.465 e. The number of amides is 1. The predicted octanol–water partition coefficient (Wildman–Crippen LogP) is 2.15. The summed E-state index contributed by atoms with van der Waals surface area (Å²) in [5.74, 6) is -0.896. The van der Waals surface area contributed by atoms with Gasteiger partial charge in [0.25, 0.3) is 5.91 Å². The maximum Gasteiger partial charge on any atom is 0.327 e. The summed E-state index contributed by atoms with van der Waals surface area (Å²) in [5.41, 5.74) is 0.960. The van der Waals surface area contributed by atoms with Crippen molar-refractivity contribution in [1.82, 2.24) is 9.78 Å². The summed E-state index contributed by atoms with van der Waals surface area (Å²) in [6.45, 7) is 3.63. The summed E-state index contributed by atoms with van der Waals surface area (Å²) >= 11 is 0. The Morgan fingerprint density at radius 2 is 2.00 bits per heavy atom. The molecule has 0 saturated carbocycles. The van der Waals surface area contributed by atoms with Gasteiger partial charge in [-0.2, -0.15) is 5.10 Å². The van der Waals surface area contributed by atoms with Crippen molar-refractivity contribution in [2.75, 3.05) is 11.9 Å². The van der Waals surface area contributed by atoms with Crippen LogP contribution in [0.2, 0.25) is 0 Å². The average molecular weight is 305 g/mol. The van der Waals surface area contributed by atoms with Gasteiger partial charge in [-0.15, -0.1) is 0 Å². The summed E-state index contributed by atoms with van der Waals surface area (Å²) in [7, 11) is 0. The monoisotopic (exact) mass is 305 g/mol. The second kappa shape index (κ2) is 6.84. The summed E-state index contributed by atoms with van der Waals surface area (Å²) < 4.78 is 19.1. The highest BCUT2D eigenvalue weighted by molar-refractivity contribution is 6.03. The Balaban J connectivity index is 2.13. The molecule has 116 valence electrons. The van der Waals surface area contributed by atoms with Crippen molar-refractivity contribution in [2.45, 2.75) is 20.4 Å². The van der Waals surface area contributed by atoms with Crippen molar-refractivity contribution in [3.8, 4) is 0 Å². The number of nitrogens with one attached hydrogen (secondary N) is 1. The number of halogens is 1. The zero-order valence-corrected chi connectivity index (χ0v) is 12.3. The number of carbonyl (C=O) groups is 2. The van der Waals surface area contributed by atoms with Crippen molar-refractivity contribution in [2.24, 2.45) is 0 Å². The van der Waals surface area contributed by atoms with E-state index in [9.17, 15) is 14.0 Å². The van der Waals surface area contributed by atoms with Crippen LogP contribution in [0.15, 0.2) is 30.3 Å². The number of rotatable bonds is 5. The van der Waals surface area contributed by atoms with E-state index in [2.05, 4.69) is 10.4 Å². The van der Waals surface area contributed by atoms with Crippen molar-refractivity contribution in [3.63, 3.8) is 0 Å². The number of esters is 1. The lowest BCUT2D eigenvalue weighted by molar-refractivity contribution is -0.144. The molecule has 0 atom stereocenters. The second-order valence-electron chi connectivity index (χ2n) is 4.59. The van der Waals surface area contributed by atoms with Crippen LogP contribution in [-0.4, -0.2) is 28.3 Å². The largest absolute Gasteiger partial charge is 0.465 e. The first-order valence-corrected chi connectivity index (χ1v) is 6.76. The quantitative estimate of drug-likeness (QED) is 0.859. The van der Waals surface area contributed by atoms with E-state index in [1.807, 2.05) is 0 Å². The highest BCUT2D eigenvalue weighted by Gasteiger charge is 2.14. The molecule has 0 saturated heterocycles. The molecular formula is C15H16FN3O3. The van der Waals surface area contributed by atoms with Gasteiger partial charge < -0.3 is 10.1 Å². The molecule has 1 amide bonds. The van der Waals surface area contributed by atoms with Crippen LogP contribution in [0, 0.1) is 12.7 Å². The number of anilines is 1. The van der Waals surface area contributed by atoms with Gasteiger partial charge in [0.2, 0.25) is 0 Å². The highest BCUT2D eigenvalue weighted by Crippen LogP contribution is 2.13. The zero-order valence-electron chi connectivity index (χ0n) is 12.3. The van der Waals surface area contributed by atoms with Crippen molar-refractivity contribution in [1.29, 1.82) is 0 Å². The second-order valence-corrected chi connectivity index (χ2v) is 4.59. The number of nitrogens with zero attached hydrogens (tertiary/aromatic N) is 2. The van der Waals surface area contributed by atoms with E-state index in [-0.39, 0.29) is 13.2 Å². The molecule has 0 bridgehead atoms. The zero-order chi connectivity index (χ0) is 16.1. The van der Waals surface area contributed by atoms with Gasteiger partial charge in [0, 0.05) is 11.6 Å². The number of aromatic nitrogens is 2. The SMILES string of the molecule is CCOC(=O)Cn1nc(C)cc1NC(=O)c1ccc(F)cc1. The van der Waals surface area contributed by atoms with Crippen molar-refractivity contribution in [3.05, 3.63) is 47.4 Å². The van der Waals surface area contributed by atoms with Crippen LogP contribution in [-0.2, 0) is 16.1 Å². The van der Waals surface area contributed by atoms with E-state index in [4.69, 9.17) is 4.74 Å². The predicted molar refractivity (Wildman–Crippen MR) is 78.0 cm³/mol. The third kappa shape index (κ3) is 3.91. The topological polar surface area (TPSA) is 73.2 Å². The van der Waals surface area contributed by atoms with Crippen LogP contribution in [0.25, 0.3) is 0 Å². The number of ether oxygens (including phenoxy) is 1. The van der Waals surface area contributed by atoms with Crippen molar-refractivity contribution < 1.29 is 18.7 Å². The van der Waals surface area contributed by atoms with E-state index in [0.717, 1.165) is 0 Å². The maximum atomic E-state index is 12.9. The first-order chi connectivity index (χ1) is 10.5. The molecular weight excluding hydrogens is 289 g/mol. The van der Waals surface area contributed by atoms with Crippen LogP contribution in [0.5, 0.6) is 0 Å². The molecule has 2 aromatic rings. The average Bonchev–Trinajstić information content (AvgIpc) is 2.79. The minimum atomic E-state index is -0.442. The Labute approximate surface area is 126 Å². The molecule has 0 aliphatic rings. The number of carbonyl (C=O) groups excluding carboxylic acids is 2. The van der Waals surface area contributed by atoms with Crippen LogP contribution in [0.1, 0.15) is 23.0 Å². The van der Waals surface area contributed by atoms with Gasteiger partial charge >= 0.3 is 5.97 Å². The fourth-order valence-electron chi connectivity index (χ4n) is 1.89. The molecule has 22 heavy (non-hydrogen) atoms. The van der Waals surface area contributed by atoms with Gasteiger partial charge in [0.15, 0.2) is 0 Å². The maximum absolute atomic E-state index is 12.9. The number of hydrogen-bond donors (Lipinski definition) is 1. The standard InChI is InChI=1S/C15H16FN3O3/c1-3-22-14(20)9-19-13(8-10(2)18-19)17-15(21)11-4-6-12(16)7-5-11/h4-8H,3,9H2,1-2H3,(H,17,21). The number of benzene rings is 1. The smallest absolute Gasteiger partial charge is 0.327 e. The molecule has 0 unspecified atom stereocenters. The molecule has 1 heterocycles. The fraction of sp³-hybridized carbons (Fsp3) is 0.267. The molecule has 6 nitrogen and oxygen atoms in total. The van der Waals surface area contributed by atoms with Gasteiger partial charge in [-0.05, 0) is 38.1 Å².